The molecule has 0 aliphatic carbocycles. The van der Waals surface area contributed by atoms with Gasteiger partial charge in [-0.25, -0.2) is 0 Å². The molecule has 7 aromatic carbocycles. The van der Waals surface area contributed by atoms with Crippen LogP contribution >= 0.6 is 0 Å². The SMILES string of the molecule is O=Cc1cc(/C=C/c2cc(/C=C/c3ccccc3)cc(/C=C/c3ccccc3)c2)cc(/C=C/c2cc(/C=C/c3ccccc3)cc(/C=C/c3ccccc3)c2)c1. The molecule has 56 heavy (non-hydrogen) atoms. The van der Waals surface area contributed by atoms with Gasteiger partial charge < -0.3 is 0 Å². The van der Waals surface area contributed by atoms with Crippen LogP contribution in [0.5, 0.6) is 0 Å². The minimum absolute atomic E-state index is 0.629. The highest BCUT2D eigenvalue weighted by molar-refractivity contribution is 5.84. The Balaban J connectivity index is 1.17. The topological polar surface area (TPSA) is 17.1 Å². The summed E-state index contributed by atoms with van der Waals surface area (Å²) in [5, 5.41) is 0. The van der Waals surface area contributed by atoms with Gasteiger partial charge in [-0.2, -0.15) is 0 Å². The van der Waals surface area contributed by atoms with E-state index in [9.17, 15) is 4.79 Å². The highest BCUT2D eigenvalue weighted by Gasteiger charge is 2.02. The molecule has 0 fully saturated rings. The molecule has 0 aliphatic rings. The van der Waals surface area contributed by atoms with Gasteiger partial charge in [0.2, 0.25) is 0 Å². The number of aldehydes is 1. The van der Waals surface area contributed by atoms with E-state index >= 15 is 0 Å². The molecule has 0 heterocycles. The van der Waals surface area contributed by atoms with Gasteiger partial charge in [0, 0.05) is 5.56 Å². The second kappa shape index (κ2) is 19.1. The van der Waals surface area contributed by atoms with Crippen LogP contribution in [0, 0.1) is 0 Å². The van der Waals surface area contributed by atoms with Gasteiger partial charge in [-0.3, -0.25) is 4.79 Å². The van der Waals surface area contributed by atoms with Crippen LogP contribution in [0.3, 0.4) is 0 Å². The Morgan fingerprint density at radius 3 is 0.536 bits per heavy atom. The number of hydrogen-bond donors (Lipinski definition) is 0. The zero-order chi connectivity index (χ0) is 38.2. The molecule has 7 aromatic rings. The highest BCUT2D eigenvalue weighted by atomic mass is 16.1. The average Bonchev–Trinajstić information content (AvgIpc) is 3.26. The van der Waals surface area contributed by atoms with Gasteiger partial charge in [0.25, 0.3) is 0 Å². The van der Waals surface area contributed by atoms with E-state index in [1.807, 2.05) is 84.9 Å². The van der Waals surface area contributed by atoms with Crippen LogP contribution < -0.4 is 0 Å². The second-order valence-electron chi connectivity index (χ2n) is 13.6. The Kier molecular flexibility index (Phi) is 12.6. The van der Waals surface area contributed by atoms with E-state index in [1.165, 1.54) is 0 Å². The largest absolute Gasteiger partial charge is 0.298 e. The van der Waals surface area contributed by atoms with Crippen LogP contribution in [-0.2, 0) is 0 Å². The molecule has 0 N–H and O–H groups in total. The van der Waals surface area contributed by atoms with Gasteiger partial charge in [0.1, 0.15) is 6.29 Å². The van der Waals surface area contributed by atoms with Gasteiger partial charge >= 0.3 is 0 Å². The Bertz CT molecular complexity index is 2240. The first kappa shape index (κ1) is 37.0. The lowest BCUT2D eigenvalue weighted by Gasteiger charge is -2.05. The van der Waals surface area contributed by atoms with Crippen molar-refractivity contribution in [2.75, 3.05) is 0 Å². The summed E-state index contributed by atoms with van der Waals surface area (Å²) in [5.41, 5.74) is 13.7. The van der Waals surface area contributed by atoms with Crippen LogP contribution in [0.4, 0.5) is 0 Å². The summed E-state index contributed by atoms with van der Waals surface area (Å²) >= 11 is 0. The van der Waals surface area contributed by atoms with Crippen LogP contribution in [0.25, 0.3) is 72.9 Å². The molecule has 7 rings (SSSR count). The molecule has 0 unspecified atom stereocenters. The third-order valence-corrected chi connectivity index (χ3v) is 9.14. The number of benzene rings is 7. The molecule has 0 amide bonds. The van der Waals surface area contributed by atoms with Gasteiger partial charge in [-0.1, -0.05) is 194 Å². The predicted octanol–water partition coefficient (Wildman–Crippen LogP) is 14.5. The molecule has 0 saturated carbocycles. The van der Waals surface area contributed by atoms with Crippen molar-refractivity contribution >= 4 is 79.2 Å². The summed E-state index contributed by atoms with van der Waals surface area (Å²) in [7, 11) is 0. The molecule has 0 saturated heterocycles. The van der Waals surface area contributed by atoms with Crippen molar-refractivity contribution in [2.45, 2.75) is 0 Å². The van der Waals surface area contributed by atoms with Crippen molar-refractivity contribution < 1.29 is 4.79 Å². The predicted molar refractivity (Wildman–Crippen MR) is 244 cm³/mol. The fourth-order valence-electron chi connectivity index (χ4n) is 6.36. The van der Waals surface area contributed by atoms with Gasteiger partial charge in [-0.15, -0.1) is 0 Å². The summed E-state index contributed by atoms with van der Waals surface area (Å²) in [6.07, 6.45) is 26.5. The Morgan fingerprint density at radius 2 is 0.357 bits per heavy atom. The minimum Gasteiger partial charge on any atom is -0.298 e. The summed E-state index contributed by atoms with van der Waals surface area (Å²) in [4.78, 5) is 12.1. The molecule has 0 aromatic heterocycles. The van der Waals surface area contributed by atoms with Crippen molar-refractivity contribution in [1.29, 1.82) is 0 Å². The van der Waals surface area contributed by atoms with Crippen molar-refractivity contribution in [3.63, 3.8) is 0 Å². The van der Waals surface area contributed by atoms with Crippen LogP contribution in [0.15, 0.2) is 176 Å². The summed E-state index contributed by atoms with van der Waals surface area (Å²) < 4.78 is 0. The summed E-state index contributed by atoms with van der Waals surface area (Å²) in [6, 6.07) is 60.4. The quantitative estimate of drug-likeness (QED) is 0.0857. The molecule has 0 bridgehead atoms. The maximum Gasteiger partial charge on any atom is 0.150 e. The molecule has 0 radical (unpaired) electrons. The number of hydrogen-bond acceptors (Lipinski definition) is 1. The Hall–Kier alpha value is -7.35. The zero-order valence-corrected chi connectivity index (χ0v) is 31.2. The lowest BCUT2D eigenvalue weighted by molar-refractivity contribution is 0.112. The molecule has 0 aliphatic heterocycles. The second-order valence-corrected chi connectivity index (χ2v) is 13.6. The molecular formula is C55H42O. The van der Waals surface area contributed by atoms with E-state index in [0.717, 1.165) is 73.0 Å². The van der Waals surface area contributed by atoms with E-state index in [-0.39, 0.29) is 0 Å². The number of carbonyl (C=O) groups excluding carboxylic acids is 1. The average molecular weight is 719 g/mol. The molecular weight excluding hydrogens is 677 g/mol. The summed E-state index contributed by atoms with van der Waals surface area (Å²) in [6.45, 7) is 0. The van der Waals surface area contributed by atoms with E-state index in [1.54, 1.807) is 0 Å². The first-order valence-corrected chi connectivity index (χ1v) is 18.8. The normalized spacial score (nSPS) is 11.9. The standard InChI is InChI=1S/C55H42O/c56-42-55-40-53(31-29-51-35-47(25-21-43-13-5-1-6-14-43)33-48(36-51)26-22-44-15-7-2-8-16-44)39-54(41-55)32-30-52-37-49(27-23-45-17-9-3-10-18-45)34-50(38-52)28-24-46-19-11-4-12-20-46/h1-42H/b25-21+,26-22+,27-23+,28-24+,31-29+,32-30+. The Labute approximate surface area is 331 Å². The first-order valence-electron chi connectivity index (χ1n) is 18.8. The van der Waals surface area contributed by atoms with Gasteiger partial charge in [-0.05, 0) is 121 Å². The summed E-state index contributed by atoms with van der Waals surface area (Å²) in [5.74, 6) is 0. The van der Waals surface area contributed by atoms with E-state index in [4.69, 9.17) is 0 Å². The van der Waals surface area contributed by atoms with Crippen molar-refractivity contribution in [1.82, 2.24) is 0 Å². The smallest absolute Gasteiger partial charge is 0.150 e. The third-order valence-electron chi connectivity index (χ3n) is 9.14. The highest BCUT2D eigenvalue weighted by Crippen LogP contribution is 2.22. The molecule has 1 heteroatoms. The monoisotopic (exact) mass is 718 g/mol. The molecule has 0 atom stereocenters. The van der Waals surface area contributed by atoms with E-state index in [0.29, 0.717) is 5.56 Å². The fourth-order valence-corrected chi connectivity index (χ4v) is 6.36. The van der Waals surface area contributed by atoms with E-state index in [2.05, 4.69) is 164 Å². The molecule has 1 nitrogen and oxygen atoms in total. The lowest BCUT2D eigenvalue weighted by Crippen LogP contribution is -1.86. The third kappa shape index (κ3) is 11.3. The number of rotatable bonds is 13. The zero-order valence-electron chi connectivity index (χ0n) is 31.2. The van der Waals surface area contributed by atoms with Gasteiger partial charge in [0.15, 0.2) is 0 Å². The lowest BCUT2D eigenvalue weighted by atomic mass is 10.00. The van der Waals surface area contributed by atoms with Crippen molar-refractivity contribution in [3.05, 3.63) is 248 Å². The number of carbonyl (C=O) groups is 1. The maximum absolute atomic E-state index is 12.1. The van der Waals surface area contributed by atoms with Crippen LogP contribution in [-0.4, -0.2) is 6.29 Å². The maximum atomic E-state index is 12.1. The minimum atomic E-state index is 0.629. The van der Waals surface area contributed by atoms with Gasteiger partial charge in [0.05, 0.1) is 0 Å². The Morgan fingerprint density at radius 1 is 0.196 bits per heavy atom. The molecule has 0 spiro atoms. The van der Waals surface area contributed by atoms with E-state index < -0.39 is 0 Å². The fraction of sp³-hybridized carbons (Fsp3) is 0. The van der Waals surface area contributed by atoms with Crippen molar-refractivity contribution in [2.24, 2.45) is 0 Å². The first-order chi connectivity index (χ1) is 27.6. The van der Waals surface area contributed by atoms with Crippen LogP contribution in [0.1, 0.15) is 77.1 Å². The molecule has 268 valence electrons. The van der Waals surface area contributed by atoms with Crippen LogP contribution in [0.2, 0.25) is 0 Å². The van der Waals surface area contributed by atoms with Crippen molar-refractivity contribution in [3.8, 4) is 0 Å².